The third-order valence-corrected chi connectivity index (χ3v) is 6.20. The molecular formula is C31H32O. The topological polar surface area (TPSA) is 9.23 Å². The Kier molecular flexibility index (Phi) is 7.07. The summed E-state index contributed by atoms with van der Waals surface area (Å²) in [5, 5.41) is 0. The highest BCUT2D eigenvalue weighted by atomic mass is 16.5. The van der Waals surface area contributed by atoms with Crippen LogP contribution < -0.4 is 4.74 Å². The highest BCUT2D eigenvalue weighted by Crippen LogP contribution is 2.37. The van der Waals surface area contributed by atoms with E-state index in [9.17, 15) is 0 Å². The van der Waals surface area contributed by atoms with Crippen LogP contribution in [0.4, 0.5) is 0 Å². The molecule has 0 aliphatic heterocycles. The molecule has 162 valence electrons. The average molecular weight is 421 g/mol. The molecule has 1 nitrogen and oxygen atoms in total. The first kappa shape index (κ1) is 21.9. The molecule has 0 N–H and O–H groups in total. The second-order valence-corrected chi connectivity index (χ2v) is 8.58. The van der Waals surface area contributed by atoms with Crippen molar-refractivity contribution in [2.24, 2.45) is 0 Å². The van der Waals surface area contributed by atoms with Crippen LogP contribution in [0, 0.1) is 20.8 Å². The van der Waals surface area contributed by atoms with Gasteiger partial charge in [-0.05, 0) is 85.5 Å². The van der Waals surface area contributed by atoms with E-state index in [-0.39, 0.29) is 0 Å². The monoisotopic (exact) mass is 420 g/mol. The summed E-state index contributed by atoms with van der Waals surface area (Å²) in [6.07, 6.45) is 3.29. The molecule has 0 saturated heterocycles. The average Bonchev–Trinajstić information content (AvgIpc) is 2.81. The molecule has 0 radical (unpaired) electrons. The van der Waals surface area contributed by atoms with Gasteiger partial charge in [-0.2, -0.15) is 0 Å². The number of benzene rings is 4. The van der Waals surface area contributed by atoms with Crippen molar-refractivity contribution in [1.82, 2.24) is 0 Å². The zero-order chi connectivity index (χ0) is 22.3. The van der Waals surface area contributed by atoms with Gasteiger partial charge in [0.25, 0.3) is 0 Å². The summed E-state index contributed by atoms with van der Waals surface area (Å²) in [5.41, 5.74) is 10.3. The van der Waals surface area contributed by atoms with Crippen molar-refractivity contribution in [3.05, 3.63) is 113 Å². The molecule has 0 aliphatic carbocycles. The molecule has 0 bridgehead atoms. The van der Waals surface area contributed by atoms with Gasteiger partial charge in [-0.1, -0.05) is 84.4 Å². The molecule has 0 aliphatic rings. The fourth-order valence-corrected chi connectivity index (χ4v) is 4.33. The Morgan fingerprint density at radius 2 is 1.38 bits per heavy atom. The van der Waals surface area contributed by atoms with E-state index in [4.69, 9.17) is 4.74 Å². The molecule has 1 heteroatoms. The number of hydrogen-bond acceptors (Lipinski definition) is 1. The lowest BCUT2D eigenvalue weighted by Gasteiger charge is -2.17. The van der Waals surface area contributed by atoms with E-state index in [0.29, 0.717) is 0 Å². The molecule has 0 atom stereocenters. The fraction of sp³-hybridized carbons (Fsp3) is 0.226. The second-order valence-electron chi connectivity index (χ2n) is 8.58. The summed E-state index contributed by atoms with van der Waals surface area (Å²) < 4.78 is 6.32. The molecule has 4 aromatic rings. The van der Waals surface area contributed by atoms with Gasteiger partial charge in [0.1, 0.15) is 5.75 Å². The van der Waals surface area contributed by atoms with Gasteiger partial charge in [-0.15, -0.1) is 0 Å². The van der Waals surface area contributed by atoms with Crippen LogP contribution in [0.2, 0.25) is 0 Å². The van der Waals surface area contributed by atoms with Crippen LogP contribution in [0.5, 0.6) is 5.75 Å². The number of rotatable bonds is 8. The maximum absolute atomic E-state index is 6.32. The first-order valence-corrected chi connectivity index (χ1v) is 11.6. The number of ether oxygens (including phenoxy) is 1. The molecule has 0 aromatic heterocycles. The standard InChI is InChI=1S/C31H32O/c1-23-19-20-31(32-21-10-9-14-26-13-8-7-12-24(26)2)30(22-23)29-18-11-17-28(25(29)3)27-15-5-4-6-16-27/h4-8,11-13,15-20,22H,9-10,14,21H2,1-3H3. The largest absolute Gasteiger partial charge is 0.493 e. The maximum Gasteiger partial charge on any atom is 0.127 e. The van der Waals surface area contributed by atoms with Crippen molar-refractivity contribution < 1.29 is 4.74 Å². The van der Waals surface area contributed by atoms with Crippen molar-refractivity contribution in [2.45, 2.75) is 40.0 Å². The van der Waals surface area contributed by atoms with Crippen LogP contribution in [-0.4, -0.2) is 6.61 Å². The van der Waals surface area contributed by atoms with E-state index in [0.717, 1.165) is 31.6 Å². The van der Waals surface area contributed by atoms with Gasteiger partial charge < -0.3 is 4.74 Å². The highest BCUT2D eigenvalue weighted by Gasteiger charge is 2.13. The summed E-state index contributed by atoms with van der Waals surface area (Å²) >= 11 is 0. The number of aryl methyl sites for hydroxylation is 3. The number of unbranched alkanes of at least 4 members (excludes halogenated alkanes) is 1. The molecule has 0 unspecified atom stereocenters. The van der Waals surface area contributed by atoms with Crippen LogP contribution >= 0.6 is 0 Å². The summed E-state index contributed by atoms with van der Waals surface area (Å²) in [6.45, 7) is 7.29. The molecule has 32 heavy (non-hydrogen) atoms. The molecule has 0 spiro atoms. The Morgan fingerprint density at radius 1 is 0.625 bits per heavy atom. The van der Waals surface area contributed by atoms with Crippen molar-refractivity contribution in [3.63, 3.8) is 0 Å². The minimum absolute atomic E-state index is 0.735. The fourth-order valence-electron chi connectivity index (χ4n) is 4.33. The Bertz CT molecular complexity index is 1170. The third kappa shape index (κ3) is 5.11. The van der Waals surface area contributed by atoms with E-state index in [1.165, 1.54) is 44.5 Å². The number of hydrogen-bond donors (Lipinski definition) is 0. The zero-order valence-corrected chi connectivity index (χ0v) is 19.4. The van der Waals surface area contributed by atoms with E-state index < -0.39 is 0 Å². The lowest BCUT2D eigenvalue weighted by molar-refractivity contribution is 0.308. The predicted octanol–water partition coefficient (Wildman–Crippen LogP) is 8.35. The normalized spacial score (nSPS) is 10.8. The van der Waals surface area contributed by atoms with Gasteiger partial charge in [0, 0.05) is 5.56 Å². The van der Waals surface area contributed by atoms with Crippen LogP contribution in [0.15, 0.2) is 91.0 Å². The van der Waals surface area contributed by atoms with Gasteiger partial charge in [-0.3, -0.25) is 0 Å². The molecule has 4 rings (SSSR count). The first-order valence-electron chi connectivity index (χ1n) is 11.6. The van der Waals surface area contributed by atoms with Crippen molar-refractivity contribution >= 4 is 0 Å². The Balaban J connectivity index is 1.50. The van der Waals surface area contributed by atoms with E-state index in [2.05, 4.69) is 112 Å². The smallest absolute Gasteiger partial charge is 0.127 e. The summed E-state index contributed by atoms with van der Waals surface area (Å²) in [7, 11) is 0. The SMILES string of the molecule is Cc1ccc(OCCCCc2ccccc2C)c(-c2cccc(-c3ccccc3)c2C)c1. The Morgan fingerprint density at radius 3 is 2.19 bits per heavy atom. The summed E-state index contributed by atoms with van der Waals surface area (Å²) in [4.78, 5) is 0. The highest BCUT2D eigenvalue weighted by molar-refractivity contribution is 5.81. The van der Waals surface area contributed by atoms with Crippen molar-refractivity contribution in [1.29, 1.82) is 0 Å². The van der Waals surface area contributed by atoms with Crippen molar-refractivity contribution in [3.8, 4) is 28.0 Å². The van der Waals surface area contributed by atoms with Crippen LogP contribution in [0.1, 0.15) is 35.1 Å². The Hall–Kier alpha value is -3.32. The van der Waals surface area contributed by atoms with Gasteiger partial charge in [0.2, 0.25) is 0 Å². The maximum atomic E-state index is 6.32. The quantitative estimate of drug-likeness (QED) is 0.260. The molecule has 0 amide bonds. The van der Waals surface area contributed by atoms with Gasteiger partial charge in [0.15, 0.2) is 0 Å². The molecular weight excluding hydrogens is 388 g/mol. The Labute approximate surface area is 192 Å². The second kappa shape index (κ2) is 10.3. The molecule has 4 aromatic carbocycles. The molecule has 0 heterocycles. The van der Waals surface area contributed by atoms with Gasteiger partial charge in [-0.25, -0.2) is 0 Å². The van der Waals surface area contributed by atoms with Crippen molar-refractivity contribution in [2.75, 3.05) is 6.61 Å². The first-order chi connectivity index (χ1) is 15.6. The minimum atomic E-state index is 0.735. The van der Waals surface area contributed by atoms with Crippen LogP contribution in [0.25, 0.3) is 22.3 Å². The van der Waals surface area contributed by atoms with Crippen LogP contribution in [-0.2, 0) is 6.42 Å². The lowest BCUT2D eigenvalue weighted by atomic mass is 9.92. The van der Waals surface area contributed by atoms with Crippen LogP contribution in [0.3, 0.4) is 0 Å². The third-order valence-electron chi connectivity index (χ3n) is 6.20. The summed E-state index contributed by atoms with van der Waals surface area (Å²) in [5.74, 6) is 0.972. The van der Waals surface area contributed by atoms with E-state index in [1.54, 1.807) is 0 Å². The lowest BCUT2D eigenvalue weighted by Crippen LogP contribution is -2.01. The zero-order valence-electron chi connectivity index (χ0n) is 19.4. The van der Waals surface area contributed by atoms with E-state index >= 15 is 0 Å². The molecule has 0 saturated carbocycles. The minimum Gasteiger partial charge on any atom is -0.493 e. The summed E-state index contributed by atoms with van der Waals surface area (Å²) in [6, 6.07) is 32.3. The van der Waals surface area contributed by atoms with Gasteiger partial charge >= 0.3 is 0 Å². The predicted molar refractivity (Wildman–Crippen MR) is 136 cm³/mol. The molecule has 0 fully saturated rings. The van der Waals surface area contributed by atoms with Gasteiger partial charge in [0.05, 0.1) is 6.61 Å². The van der Waals surface area contributed by atoms with E-state index in [1.807, 2.05) is 0 Å².